The number of piperidine rings is 1. The average molecular weight is 480 g/mol. The normalized spacial score (nSPS) is 17.3. The lowest BCUT2D eigenvalue weighted by atomic mass is 9.94. The summed E-state index contributed by atoms with van der Waals surface area (Å²) in [6.45, 7) is 11.3. The first-order valence-electron chi connectivity index (χ1n) is 12.4. The topological polar surface area (TPSA) is 71.3 Å². The van der Waals surface area contributed by atoms with Gasteiger partial charge in [-0.3, -0.25) is 9.59 Å². The Bertz CT molecular complexity index is 1230. The van der Waals surface area contributed by atoms with Crippen molar-refractivity contribution in [3.05, 3.63) is 33.6 Å². The summed E-state index contributed by atoms with van der Waals surface area (Å²) in [6, 6.07) is 4.22. The fourth-order valence-electron chi connectivity index (χ4n) is 5.29. The summed E-state index contributed by atoms with van der Waals surface area (Å²) in [5.41, 5.74) is 3.29. The largest absolute Gasteiger partial charge is 0.342 e. The number of rotatable bonds is 4. The van der Waals surface area contributed by atoms with E-state index in [9.17, 15) is 9.59 Å². The number of nitrogens with zero attached hydrogens (tertiary/aromatic N) is 5. The van der Waals surface area contributed by atoms with Gasteiger partial charge in [-0.25, -0.2) is 9.67 Å². The van der Waals surface area contributed by atoms with Gasteiger partial charge in [-0.05, 0) is 65.5 Å². The van der Waals surface area contributed by atoms with E-state index in [0.717, 1.165) is 61.1 Å². The Morgan fingerprint density at radius 1 is 1.03 bits per heavy atom. The number of aryl methyl sites for hydroxylation is 2. The summed E-state index contributed by atoms with van der Waals surface area (Å²) in [4.78, 5) is 37.9. The zero-order chi connectivity index (χ0) is 24.0. The van der Waals surface area contributed by atoms with Crippen molar-refractivity contribution in [3.8, 4) is 11.3 Å². The van der Waals surface area contributed by atoms with Crippen LogP contribution in [0.15, 0.2) is 18.3 Å². The van der Waals surface area contributed by atoms with E-state index in [1.165, 1.54) is 9.75 Å². The molecule has 0 unspecified atom stereocenters. The van der Waals surface area contributed by atoms with Crippen molar-refractivity contribution in [2.24, 2.45) is 5.92 Å². The molecule has 2 aliphatic heterocycles. The molecule has 0 aromatic carbocycles. The van der Waals surface area contributed by atoms with Crippen molar-refractivity contribution in [2.75, 3.05) is 26.2 Å². The van der Waals surface area contributed by atoms with Crippen LogP contribution in [0.2, 0.25) is 0 Å². The van der Waals surface area contributed by atoms with Crippen LogP contribution in [0.1, 0.15) is 65.7 Å². The van der Waals surface area contributed by atoms with Crippen LogP contribution >= 0.6 is 11.3 Å². The van der Waals surface area contributed by atoms with Gasteiger partial charge in [0.05, 0.1) is 22.8 Å². The van der Waals surface area contributed by atoms with Gasteiger partial charge < -0.3 is 9.80 Å². The Morgan fingerprint density at radius 2 is 1.74 bits per heavy atom. The molecule has 0 bridgehead atoms. The summed E-state index contributed by atoms with van der Waals surface area (Å²) in [6.07, 6.45) is 5.45. The third-order valence-electron chi connectivity index (χ3n) is 7.15. The molecule has 3 aromatic rings. The molecule has 2 amide bonds. The van der Waals surface area contributed by atoms with Gasteiger partial charge >= 0.3 is 0 Å². The van der Waals surface area contributed by atoms with E-state index in [2.05, 4.69) is 38.9 Å². The molecule has 180 valence electrons. The predicted molar refractivity (Wildman–Crippen MR) is 135 cm³/mol. The lowest BCUT2D eigenvalue weighted by Gasteiger charge is -2.33. The molecule has 2 saturated heterocycles. The number of thiophene rings is 1. The number of amides is 2. The minimum absolute atomic E-state index is 0.00799. The van der Waals surface area contributed by atoms with Gasteiger partial charge in [0.25, 0.3) is 5.91 Å². The van der Waals surface area contributed by atoms with Crippen LogP contribution in [0.3, 0.4) is 0 Å². The highest BCUT2D eigenvalue weighted by atomic mass is 32.1. The lowest BCUT2D eigenvalue weighted by Crippen LogP contribution is -2.43. The van der Waals surface area contributed by atoms with Crippen LogP contribution in [0.4, 0.5) is 0 Å². The van der Waals surface area contributed by atoms with Gasteiger partial charge in [-0.1, -0.05) is 0 Å². The van der Waals surface area contributed by atoms with E-state index in [0.29, 0.717) is 18.7 Å². The number of aromatic nitrogens is 3. The van der Waals surface area contributed by atoms with Gasteiger partial charge in [-0.2, -0.15) is 5.10 Å². The Balaban J connectivity index is 1.45. The third kappa shape index (κ3) is 4.13. The SMILES string of the molecule is Cc1cc(-c2cc(C(=O)N3CCC(C(=O)N4CCCC4)CC3)c3cnn(C(C)C)c3n2)c(C)s1. The summed E-state index contributed by atoms with van der Waals surface area (Å²) >= 11 is 1.74. The van der Waals surface area contributed by atoms with Gasteiger partial charge in [0, 0.05) is 53.5 Å². The molecule has 7 nitrogen and oxygen atoms in total. The van der Waals surface area contributed by atoms with Crippen LogP contribution < -0.4 is 0 Å². The highest BCUT2D eigenvalue weighted by Gasteiger charge is 2.32. The van der Waals surface area contributed by atoms with Crippen molar-refractivity contribution in [1.29, 1.82) is 0 Å². The highest BCUT2D eigenvalue weighted by molar-refractivity contribution is 7.12. The molecule has 2 aliphatic rings. The maximum Gasteiger partial charge on any atom is 0.254 e. The summed E-state index contributed by atoms with van der Waals surface area (Å²) in [5, 5.41) is 5.35. The molecule has 8 heteroatoms. The monoisotopic (exact) mass is 479 g/mol. The zero-order valence-corrected chi connectivity index (χ0v) is 21.3. The van der Waals surface area contributed by atoms with Crippen molar-refractivity contribution in [3.63, 3.8) is 0 Å². The molecule has 0 N–H and O–H groups in total. The Labute approximate surface area is 204 Å². The van der Waals surface area contributed by atoms with Crippen LogP contribution in [0.25, 0.3) is 22.3 Å². The number of hydrogen-bond acceptors (Lipinski definition) is 5. The Kier molecular flexibility index (Phi) is 6.18. The standard InChI is InChI=1S/C26H33N5O2S/c1-16(2)31-24-22(15-27-31)21(14-23(28-24)20-13-17(3)34-18(20)4)26(33)30-11-7-19(8-12-30)25(32)29-9-5-6-10-29/h13-16,19H,5-12H2,1-4H3. The molecule has 3 aromatic heterocycles. The second kappa shape index (κ2) is 9.13. The number of hydrogen-bond donors (Lipinski definition) is 0. The van der Waals surface area contributed by atoms with E-state index >= 15 is 0 Å². The fraction of sp³-hybridized carbons (Fsp3) is 0.538. The third-order valence-corrected chi connectivity index (χ3v) is 8.12. The van der Waals surface area contributed by atoms with Crippen molar-refractivity contribution in [2.45, 2.75) is 59.4 Å². The number of carbonyl (C=O) groups excluding carboxylic acids is 2. The first-order chi connectivity index (χ1) is 16.3. The number of fused-ring (bicyclic) bond motifs is 1. The summed E-state index contributed by atoms with van der Waals surface area (Å²) in [7, 11) is 0. The van der Waals surface area contributed by atoms with Gasteiger partial charge in [0.15, 0.2) is 5.65 Å². The molecular formula is C26H33N5O2S. The first-order valence-corrected chi connectivity index (χ1v) is 13.2. The quantitative estimate of drug-likeness (QED) is 0.537. The van der Waals surface area contributed by atoms with Crippen LogP contribution in [-0.2, 0) is 4.79 Å². The Morgan fingerprint density at radius 3 is 2.35 bits per heavy atom. The van der Waals surface area contributed by atoms with E-state index in [1.807, 2.05) is 20.5 Å². The zero-order valence-electron chi connectivity index (χ0n) is 20.5. The second-order valence-electron chi connectivity index (χ2n) is 9.90. The van der Waals surface area contributed by atoms with Gasteiger partial charge in [0.2, 0.25) is 5.91 Å². The minimum atomic E-state index is 0.00799. The molecule has 2 fully saturated rings. The maximum absolute atomic E-state index is 13.8. The lowest BCUT2D eigenvalue weighted by molar-refractivity contribution is -0.135. The smallest absolute Gasteiger partial charge is 0.254 e. The molecule has 0 aliphatic carbocycles. The van der Waals surface area contributed by atoms with Gasteiger partial charge in [-0.15, -0.1) is 11.3 Å². The van der Waals surface area contributed by atoms with E-state index in [4.69, 9.17) is 4.98 Å². The predicted octanol–water partition coefficient (Wildman–Crippen LogP) is 4.83. The first kappa shape index (κ1) is 23.0. The molecule has 0 radical (unpaired) electrons. The maximum atomic E-state index is 13.8. The molecule has 0 spiro atoms. The number of pyridine rings is 1. The molecule has 5 heterocycles. The van der Waals surface area contributed by atoms with Gasteiger partial charge in [0.1, 0.15) is 0 Å². The Hall–Kier alpha value is -2.74. The summed E-state index contributed by atoms with van der Waals surface area (Å²) < 4.78 is 1.89. The molecular weight excluding hydrogens is 446 g/mol. The second-order valence-corrected chi connectivity index (χ2v) is 11.4. The number of carbonyl (C=O) groups is 2. The van der Waals surface area contributed by atoms with E-state index in [-0.39, 0.29) is 23.8 Å². The molecule has 0 saturated carbocycles. The highest BCUT2D eigenvalue weighted by Crippen LogP contribution is 2.33. The van der Waals surface area contributed by atoms with Crippen LogP contribution in [0, 0.1) is 19.8 Å². The average Bonchev–Trinajstić information content (AvgIpc) is 3.57. The summed E-state index contributed by atoms with van der Waals surface area (Å²) in [5.74, 6) is 0.323. The number of likely N-dealkylation sites (tertiary alicyclic amines) is 2. The van der Waals surface area contributed by atoms with Crippen molar-refractivity contribution < 1.29 is 9.59 Å². The van der Waals surface area contributed by atoms with Crippen LogP contribution in [0.5, 0.6) is 0 Å². The molecule has 5 rings (SSSR count). The minimum Gasteiger partial charge on any atom is -0.342 e. The van der Waals surface area contributed by atoms with Crippen molar-refractivity contribution >= 4 is 34.2 Å². The van der Waals surface area contributed by atoms with Crippen molar-refractivity contribution in [1.82, 2.24) is 24.6 Å². The molecule has 34 heavy (non-hydrogen) atoms. The molecule has 0 atom stereocenters. The van der Waals surface area contributed by atoms with E-state index in [1.54, 1.807) is 17.5 Å². The van der Waals surface area contributed by atoms with Crippen LogP contribution in [-0.4, -0.2) is 62.6 Å². The fourth-order valence-corrected chi connectivity index (χ4v) is 6.22. The van der Waals surface area contributed by atoms with E-state index < -0.39 is 0 Å².